The van der Waals surface area contributed by atoms with Crippen LogP contribution in [0.3, 0.4) is 0 Å². The van der Waals surface area contributed by atoms with Gasteiger partial charge in [-0.25, -0.2) is 15.0 Å². The minimum Gasteiger partial charge on any atom is -0.307 e. The first-order valence-corrected chi connectivity index (χ1v) is 4.64. The van der Waals surface area contributed by atoms with Crippen LogP contribution in [0, 0.1) is 5.82 Å². The van der Waals surface area contributed by atoms with Crippen LogP contribution < -0.4 is 16.6 Å². The Balaban J connectivity index is 2.95. The molecule has 0 aliphatic carbocycles. The van der Waals surface area contributed by atoms with Gasteiger partial charge in [0.25, 0.3) is 0 Å². The molecule has 4 N–H and O–H groups in total. The van der Waals surface area contributed by atoms with Gasteiger partial charge in [-0.2, -0.15) is 0 Å². The number of nitrogens with two attached hydrogens (primary N) is 1. The molecular weight excluding hydrogens is 276 g/mol. The molecule has 0 saturated heterocycles. The van der Waals surface area contributed by atoms with Crippen LogP contribution in [0.4, 0.5) is 14.9 Å². The molecule has 0 bridgehead atoms. The van der Waals surface area contributed by atoms with Crippen molar-refractivity contribution in [1.82, 2.24) is 5.43 Å². The van der Waals surface area contributed by atoms with E-state index in [1.165, 1.54) is 6.07 Å². The minimum atomic E-state index is -0.650. The number of hydrogen-bond acceptors (Lipinski definition) is 2. The van der Waals surface area contributed by atoms with Crippen molar-refractivity contribution < 1.29 is 9.18 Å². The highest BCUT2D eigenvalue weighted by Gasteiger charge is 2.08. The van der Waals surface area contributed by atoms with E-state index < -0.39 is 11.8 Å². The Bertz CT molecular complexity index is 351. The molecule has 0 spiro atoms. The third kappa shape index (κ3) is 2.57. The summed E-state index contributed by atoms with van der Waals surface area (Å²) in [5, 5.41) is 2.44. The number of halogens is 3. The zero-order valence-electron chi connectivity index (χ0n) is 6.77. The molecule has 14 heavy (non-hydrogen) atoms. The summed E-state index contributed by atoms with van der Waals surface area (Å²) in [6, 6.07) is 1.86. The molecule has 0 saturated carbocycles. The van der Waals surface area contributed by atoms with Gasteiger partial charge in [-0.05, 0) is 28.1 Å². The van der Waals surface area contributed by atoms with Crippen LogP contribution in [-0.2, 0) is 0 Å². The van der Waals surface area contributed by atoms with E-state index in [1.807, 2.05) is 5.43 Å². The zero-order chi connectivity index (χ0) is 10.7. The van der Waals surface area contributed by atoms with Gasteiger partial charge in [0, 0.05) is 5.69 Å². The Labute approximate surface area is 92.7 Å². The Morgan fingerprint density at radius 3 is 2.71 bits per heavy atom. The van der Waals surface area contributed by atoms with Gasteiger partial charge in [0.05, 0.1) is 9.50 Å². The summed E-state index contributed by atoms with van der Waals surface area (Å²) < 4.78 is 13.2. The van der Waals surface area contributed by atoms with E-state index in [-0.39, 0.29) is 15.2 Å². The second kappa shape index (κ2) is 4.59. The summed E-state index contributed by atoms with van der Waals surface area (Å²) in [5.74, 6) is 4.26. The Kier molecular flexibility index (Phi) is 3.68. The molecule has 0 aromatic heterocycles. The second-order valence-corrected chi connectivity index (χ2v) is 3.55. The molecule has 4 nitrogen and oxygen atoms in total. The molecule has 76 valence electrons. The van der Waals surface area contributed by atoms with Crippen molar-refractivity contribution in [1.29, 1.82) is 0 Å². The summed E-state index contributed by atoms with van der Waals surface area (Å²) in [7, 11) is 0. The van der Waals surface area contributed by atoms with Gasteiger partial charge in [-0.15, -0.1) is 0 Å². The fraction of sp³-hybridized carbons (Fsp3) is 0. The van der Waals surface area contributed by atoms with Crippen LogP contribution in [0.25, 0.3) is 0 Å². The predicted octanol–water partition coefficient (Wildman–Crippen LogP) is 2.24. The number of nitrogens with one attached hydrogen (secondary N) is 2. The van der Waals surface area contributed by atoms with Crippen molar-refractivity contribution in [2.24, 2.45) is 5.84 Å². The number of amides is 2. The SMILES string of the molecule is NNC(=O)Nc1cc(F)c(Br)c(Cl)c1. The maximum Gasteiger partial charge on any atom is 0.333 e. The van der Waals surface area contributed by atoms with Gasteiger partial charge >= 0.3 is 6.03 Å². The summed E-state index contributed by atoms with van der Waals surface area (Å²) in [5.41, 5.74) is 2.06. The van der Waals surface area contributed by atoms with Gasteiger partial charge in [0.15, 0.2) is 0 Å². The molecule has 0 aliphatic heterocycles. The standard InChI is InChI=1S/C7H6BrClFN3O/c8-6-4(9)1-3(2-5(6)10)12-7(14)13-11/h1-2H,11H2,(H2,12,13,14). The number of anilines is 1. The van der Waals surface area contributed by atoms with Crippen molar-refractivity contribution >= 4 is 39.2 Å². The molecular formula is C7H6BrClFN3O. The predicted molar refractivity (Wildman–Crippen MR) is 55.5 cm³/mol. The smallest absolute Gasteiger partial charge is 0.307 e. The Hall–Kier alpha value is -0.850. The summed E-state index contributed by atoms with van der Waals surface area (Å²) in [6.07, 6.45) is 0. The lowest BCUT2D eigenvalue weighted by Crippen LogP contribution is -2.34. The topological polar surface area (TPSA) is 67.1 Å². The second-order valence-electron chi connectivity index (χ2n) is 2.35. The number of carbonyl (C=O) groups excluding carboxylic acids is 1. The van der Waals surface area contributed by atoms with E-state index in [0.29, 0.717) is 0 Å². The summed E-state index contributed by atoms with van der Waals surface area (Å²) in [6.45, 7) is 0. The summed E-state index contributed by atoms with van der Waals surface area (Å²) >= 11 is 8.59. The third-order valence-corrected chi connectivity index (χ3v) is 2.71. The molecule has 1 aromatic carbocycles. The number of hydrazine groups is 1. The monoisotopic (exact) mass is 281 g/mol. The van der Waals surface area contributed by atoms with Crippen LogP contribution in [-0.4, -0.2) is 6.03 Å². The lowest BCUT2D eigenvalue weighted by molar-refractivity contribution is 0.252. The molecule has 0 heterocycles. The van der Waals surface area contributed by atoms with Gasteiger partial charge < -0.3 is 5.32 Å². The van der Waals surface area contributed by atoms with Crippen molar-refractivity contribution in [3.05, 3.63) is 27.4 Å². The zero-order valence-corrected chi connectivity index (χ0v) is 9.12. The van der Waals surface area contributed by atoms with Crippen LogP contribution in [0.1, 0.15) is 0 Å². The highest BCUT2D eigenvalue weighted by atomic mass is 79.9. The molecule has 0 unspecified atom stereocenters. The first-order valence-electron chi connectivity index (χ1n) is 3.46. The van der Waals surface area contributed by atoms with E-state index in [1.54, 1.807) is 0 Å². The maximum atomic E-state index is 13.1. The van der Waals surface area contributed by atoms with E-state index in [4.69, 9.17) is 17.4 Å². The van der Waals surface area contributed by atoms with Crippen LogP contribution in [0.2, 0.25) is 5.02 Å². The average Bonchev–Trinajstić information content (AvgIpc) is 2.14. The quantitative estimate of drug-likeness (QED) is 0.320. The normalized spacial score (nSPS) is 9.71. The minimum absolute atomic E-state index is 0.151. The third-order valence-electron chi connectivity index (χ3n) is 1.37. The molecule has 0 atom stereocenters. The average molecular weight is 282 g/mol. The van der Waals surface area contributed by atoms with Crippen molar-refractivity contribution in [2.45, 2.75) is 0 Å². The number of carbonyl (C=O) groups is 1. The van der Waals surface area contributed by atoms with Crippen LogP contribution in [0.5, 0.6) is 0 Å². The van der Waals surface area contributed by atoms with Crippen molar-refractivity contribution in [3.63, 3.8) is 0 Å². The van der Waals surface area contributed by atoms with Gasteiger partial charge in [0.1, 0.15) is 5.82 Å². The number of hydrogen-bond donors (Lipinski definition) is 3. The van der Waals surface area contributed by atoms with Gasteiger partial charge in [-0.3, -0.25) is 5.43 Å². The fourth-order valence-electron chi connectivity index (χ4n) is 0.795. The molecule has 0 radical (unpaired) electrons. The van der Waals surface area contributed by atoms with Crippen LogP contribution >= 0.6 is 27.5 Å². The Morgan fingerprint density at radius 2 is 2.21 bits per heavy atom. The van der Waals surface area contributed by atoms with Crippen LogP contribution in [0.15, 0.2) is 16.6 Å². The number of urea groups is 1. The molecule has 0 aliphatic rings. The van der Waals surface area contributed by atoms with E-state index >= 15 is 0 Å². The van der Waals surface area contributed by atoms with E-state index in [9.17, 15) is 9.18 Å². The fourth-order valence-corrected chi connectivity index (χ4v) is 1.23. The highest BCUT2D eigenvalue weighted by Crippen LogP contribution is 2.28. The molecule has 1 rings (SSSR count). The van der Waals surface area contributed by atoms with Gasteiger partial charge in [0.2, 0.25) is 0 Å². The largest absolute Gasteiger partial charge is 0.333 e. The lowest BCUT2D eigenvalue weighted by atomic mass is 10.3. The van der Waals surface area contributed by atoms with E-state index in [0.717, 1.165) is 6.07 Å². The van der Waals surface area contributed by atoms with E-state index in [2.05, 4.69) is 21.2 Å². The van der Waals surface area contributed by atoms with Gasteiger partial charge in [-0.1, -0.05) is 11.6 Å². The van der Waals surface area contributed by atoms with Crippen molar-refractivity contribution in [2.75, 3.05) is 5.32 Å². The Morgan fingerprint density at radius 1 is 1.57 bits per heavy atom. The highest BCUT2D eigenvalue weighted by molar-refractivity contribution is 9.10. The molecule has 2 amide bonds. The molecule has 0 fully saturated rings. The first-order chi connectivity index (χ1) is 6.54. The van der Waals surface area contributed by atoms with Crippen molar-refractivity contribution in [3.8, 4) is 0 Å². The summed E-state index contributed by atoms with van der Waals surface area (Å²) in [4.78, 5) is 10.8. The maximum absolute atomic E-state index is 13.1. The molecule has 7 heteroatoms. The first kappa shape index (κ1) is 11.2. The number of benzene rings is 1. The lowest BCUT2D eigenvalue weighted by Gasteiger charge is -2.06. The number of rotatable bonds is 1. The molecule has 1 aromatic rings.